The zero-order valence-electron chi connectivity index (χ0n) is 22.6. The Morgan fingerprint density at radius 2 is 1.68 bits per heavy atom. The Morgan fingerprint density at radius 3 is 2.42 bits per heavy atom. The first-order valence-corrected chi connectivity index (χ1v) is 13.3. The minimum Gasteiger partial charge on any atom is -0.490 e. The minimum absolute atomic E-state index is 0.0553. The molecule has 5 aromatic rings. The highest BCUT2D eigenvalue weighted by Crippen LogP contribution is 2.42. The molecule has 0 N–H and O–H groups in total. The fraction of sp³-hybridized carbons (Fsp3) is 0.212. The van der Waals surface area contributed by atoms with Crippen LogP contribution in [0.1, 0.15) is 57.1 Å². The molecule has 1 unspecified atom stereocenters. The molecule has 1 amide bonds. The summed E-state index contributed by atoms with van der Waals surface area (Å²) in [4.78, 5) is 29.4. The Morgan fingerprint density at radius 1 is 0.875 bits per heavy atom. The van der Waals surface area contributed by atoms with Crippen molar-refractivity contribution in [3.05, 3.63) is 129 Å². The van der Waals surface area contributed by atoms with Crippen molar-refractivity contribution < 1.29 is 23.1 Å². The molecule has 0 spiro atoms. The SMILES string of the molecule is CCOc1cc(C2c3c(oc4cc(C)c(C)cc4c3=O)C(=O)N2Cc2ccco2)ccc1OCc1ccccc1. The number of carbonyl (C=O) groups is 1. The molecule has 1 atom stereocenters. The van der Waals surface area contributed by atoms with Gasteiger partial charge in [0, 0.05) is 0 Å². The monoisotopic (exact) mass is 535 g/mol. The van der Waals surface area contributed by atoms with Crippen LogP contribution in [0, 0.1) is 13.8 Å². The third-order valence-electron chi connectivity index (χ3n) is 7.31. The highest BCUT2D eigenvalue weighted by molar-refractivity contribution is 5.99. The summed E-state index contributed by atoms with van der Waals surface area (Å²) in [7, 11) is 0. The molecule has 6 rings (SSSR count). The lowest BCUT2D eigenvalue weighted by atomic mass is 9.97. The van der Waals surface area contributed by atoms with Gasteiger partial charge in [0.2, 0.25) is 5.76 Å². The molecule has 40 heavy (non-hydrogen) atoms. The average molecular weight is 536 g/mol. The molecule has 0 saturated heterocycles. The van der Waals surface area contributed by atoms with Crippen molar-refractivity contribution in [3.8, 4) is 11.5 Å². The van der Waals surface area contributed by atoms with Gasteiger partial charge in [0.25, 0.3) is 5.91 Å². The molecular formula is C33H29NO6. The van der Waals surface area contributed by atoms with E-state index in [4.69, 9.17) is 18.3 Å². The summed E-state index contributed by atoms with van der Waals surface area (Å²) < 4.78 is 23.8. The molecule has 0 aliphatic carbocycles. The van der Waals surface area contributed by atoms with Gasteiger partial charge in [0.1, 0.15) is 18.0 Å². The molecule has 0 bridgehead atoms. The van der Waals surface area contributed by atoms with Crippen LogP contribution < -0.4 is 14.9 Å². The van der Waals surface area contributed by atoms with Crippen molar-refractivity contribution >= 4 is 16.9 Å². The van der Waals surface area contributed by atoms with Crippen LogP contribution in [0.4, 0.5) is 0 Å². The number of hydrogen-bond donors (Lipinski definition) is 0. The molecule has 7 heteroatoms. The number of hydrogen-bond acceptors (Lipinski definition) is 6. The lowest BCUT2D eigenvalue weighted by Gasteiger charge is -2.25. The lowest BCUT2D eigenvalue weighted by molar-refractivity contribution is 0.0701. The number of benzene rings is 3. The average Bonchev–Trinajstić information content (AvgIpc) is 3.57. The van der Waals surface area contributed by atoms with Crippen molar-refractivity contribution in [2.45, 2.75) is 40.0 Å². The van der Waals surface area contributed by atoms with Crippen LogP contribution in [0.2, 0.25) is 0 Å². The molecule has 1 aliphatic heterocycles. The van der Waals surface area contributed by atoms with Gasteiger partial charge in [0.15, 0.2) is 16.9 Å². The third kappa shape index (κ3) is 4.53. The number of carbonyl (C=O) groups excluding carboxylic acids is 1. The first-order valence-electron chi connectivity index (χ1n) is 13.3. The fourth-order valence-corrected chi connectivity index (χ4v) is 5.17. The van der Waals surface area contributed by atoms with Crippen LogP contribution in [-0.4, -0.2) is 17.4 Å². The van der Waals surface area contributed by atoms with Gasteiger partial charge in [-0.2, -0.15) is 0 Å². The van der Waals surface area contributed by atoms with Crippen molar-refractivity contribution in [1.29, 1.82) is 0 Å². The van der Waals surface area contributed by atoms with Gasteiger partial charge in [-0.1, -0.05) is 36.4 Å². The van der Waals surface area contributed by atoms with E-state index in [1.165, 1.54) is 0 Å². The number of fused-ring (bicyclic) bond motifs is 2. The van der Waals surface area contributed by atoms with E-state index in [0.29, 0.717) is 52.6 Å². The van der Waals surface area contributed by atoms with Crippen LogP contribution in [0.15, 0.2) is 92.7 Å². The lowest BCUT2D eigenvalue weighted by Crippen LogP contribution is -2.29. The Bertz CT molecular complexity index is 1750. The van der Waals surface area contributed by atoms with E-state index in [2.05, 4.69) is 0 Å². The van der Waals surface area contributed by atoms with Gasteiger partial charge >= 0.3 is 0 Å². The summed E-state index contributed by atoms with van der Waals surface area (Å²) in [6, 6.07) is 21.9. The van der Waals surface area contributed by atoms with Gasteiger partial charge in [-0.3, -0.25) is 9.59 Å². The van der Waals surface area contributed by atoms with Crippen molar-refractivity contribution in [2.24, 2.45) is 0 Å². The number of ether oxygens (including phenoxy) is 2. The van der Waals surface area contributed by atoms with Crippen LogP contribution >= 0.6 is 0 Å². The normalized spacial score (nSPS) is 14.5. The summed E-state index contributed by atoms with van der Waals surface area (Å²) in [5.41, 5.74) is 4.20. The standard InChI is InChI=1S/C33H29NO6/c1-4-37-28-17-23(12-13-26(28)39-19-22-9-6-5-7-10-22)30-29-31(35)25-15-20(2)21(3)16-27(25)40-32(29)33(36)34(30)18-24-11-8-14-38-24/h5-17,30H,4,18-19H2,1-3H3. The zero-order chi connectivity index (χ0) is 27.8. The van der Waals surface area contributed by atoms with Gasteiger partial charge in [0.05, 0.1) is 36.4 Å². The fourth-order valence-electron chi connectivity index (χ4n) is 5.17. The second-order valence-corrected chi connectivity index (χ2v) is 9.94. The largest absolute Gasteiger partial charge is 0.490 e. The summed E-state index contributed by atoms with van der Waals surface area (Å²) >= 11 is 0. The van der Waals surface area contributed by atoms with Crippen molar-refractivity contribution in [1.82, 2.24) is 4.90 Å². The van der Waals surface area contributed by atoms with E-state index in [0.717, 1.165) is 16.7 Å². The van der Waals surface area contributed by atoms with E-state index >= 15 is 0 Å². The summed E-state index contributed by atoms with van der Waals surface area (Å²) in [5, 5.41) is 0.451. The van der Waals surface area contributed by atoms with Crippen molar-refractivity contribution in [3.63, 3.8) is 0 Å². The summed E-state index contributed by atoms with van der Waals surface area (Å²) in [5.74, 6) is 1.40. The van der Waals surface area contributed by atoms with Crippen molar-refractivity contribution in [2.75, 3.05) is 6.61 Å². The van der Waals surface area contributed by atoms with E-state index in [-0.39, 0.29) is 23.6 Å². The molecule has 3 aromatic carbocycles. The van der Waals surface area contributed by atoms with Crippen LogP contribution in [0.25, 0.3) is 11.0 Å². The predicted octanol–water partition coefficient (Wildman–Crippen LogP) is 6.73. The maximum atomic E-state index is 14.0. The van der Waals surface area contributed by atoms with E-state index in [1.54, 1.807) is 23.3 Å². The minimum atomic E-state index is -0.697. The van der Waals surface area contributed by atoms with Gasteiger partial charge in [-0.25, -0.2) is 0 Å². The van der Waals surface area contributed by atoms with Crippen LogP contribution in [0.3, 0.4) is 0 Å². The quantitative estimate of drug-likeness (QED) is 0.219. The highest BCUT2D eigenvalue weighted by Gasteiger charge is 2.43. The Kier molecular flexibility index (Phi) is 6.64. The molecule has 3 heterocycles. The van der Waals surface area contributed by atoms with Crippen LogP contribution in [-0.2, 0) is 13.2 Å². The molecule has 7 nitrogen and oxygen atoms in total. The second kappa shape index (κ2) is 10.4. The molecular weight excluding hydrogens is 506 g/mol. The number of amides is 1. The molecule has 202 valence electrons. The number of furan rings is 1. The zero-order valence-corrected chi connectivity index (χ0v) is 22.6. The Balaban J connectivity index is 1.47. The first-order chi connectivity index (χ1) is 19.4. The molecule has 2 aromatic heterocycles. The van der Waals surface area contributed by atoms with E-state index < -0.39 is 6.04 Å². The summed E-state index contributed by atoms with van der Waals surface area (Å²) in [6.45, 7) is 6.78. The first kappa shape index (κ1) is 25.5. The highest BCUT2D eigenvalue weighted by atomic mass is 16.5. The van der Waals surface area contributed by atoms with E-state index in [1.807, 2.05) is 81.4 Å². The maximum Gasteiger partial charge on any atom is 0.291 e. The number of aryl methyl sites for hydroxylation is 2. The second-order valence-electron chi connectivity index (χ2n) is 9.94. The molecule has 0 saturated carbocycles. The maximum absolute atomic E-state index is 14.0. The van der Waals surface area contributed by atoms with Gasteiger partial charge in [-0.05, 0) is 79.4 Å². The van der Waals surface area contributed by atoms with Gasteiger partial charge < -0.3 is 23.2 Å². The van der Waals surface area contributed by atoms with E-state index in [9.17, 15) is 9.59 Å². The van der Waals surface area contributed by atoms with Crippen LogP contribution in [0.5, 0.6) is 11.5 Å². The third-order valence-corrected chi connectivity index (χ3v) is 7.31. The Hall–Kier alpha value is -4.78. The smallest absolute Gasteiger partial charge is 0.291 e. The topological polar surface area (TPSA) is 82.1 Å². The van der Waals surface area contributed by atoms with Gasteiger partial charge in [-0.15, -0.1) is 0 Å². The molecule has 0 radical (unpaired) electrons. The number of rotatable bonds is 8. The Labute approximate surface area is 231 Å². The predicted molar refractivity (Wildman–Crippen MR) is 151 cm³/mol. The molecule has 1 aliphatic rings. The number of nitrogens with zero attached hydrogens (tertiary/aromatic N) is 1. The summed E-state index contributed by atoms with van der Waals surface area (Å²) in [6.07, 6.45) is 1.56. The molecule has 0 fully saturated rings.